The lowest BCUT2D eigenvalue weighted by Gasteiger charge is -2.09. The van der Waals surface area contributed by atoms with E-state index in [2.05, 4.69) is 58.3 Å². The molecule has 0 bridgehead atoms. The van der Waals surface area contributed by atoms with Crippen LogP contribution in [0.15, 0.2) is 48.9 Å². The first-order valence-corrected chi connectivity index (χ1v) is 8.66. The van der Waals surface area contributed by atoms with Crippen molar-refractivity contribution >= 4 is 59.9 Å². The molecule has 2 N–H and O–H groups in total. The van der Waals surface area contributed by atoms with E-state index in [1.165, 1.54) is 13.3 Å². The van der Waals surface area contributed by atoms with Crippen LogP contribution in [0.3, 0.4) is 0 Å². The third-order valence-electron chi connectivity index (χ3n) is 2.85. The van der Waals surface area contributed by atoms with Crippen molar-refractivity contribution in [3.63, 3.8) is 0 Å². The number of benzene rings is 2. The molecule has 0 unspecified atom stereocenters. The smallest absolute Gasteiger partial charge is 0.271 e. The molecule has 0 saturated carbocycles. The number of hydrogen-bond acceptors (Lipinski definition) is 4. The number of hydrazone groups is 1. The molecular formula is C15H11Br3N2O3. The molecule has 0 heterocycles. The number of halogens is 3. The first-order chi connectivity index (χ1) is 10.9. The Morgan fingerprint density at radius 3 is 2.65 bits per heavy atom. The van der Waals surface area contributed by atoms with Crippen molar-refractivity contribution in [3.05, 3.63) is 54.9 Å². The zero-order valence-corrected chi connectivity index (χ0v) is 16.6. The molecule has 0 fully saturated rings. The summed E-state index contributed by atoms with van der Waals surface area (Å²) in [6, 6.07) is 8.57. The fourth-order valence-electron chi connectivity index (χ4n) is 1.72. The molecule has 0 aliphatic heterocycles. The summed E-state index contributed by atoms with van der Waals surface area (Å²) >= 11 is 9.91. The van der Waals surface area contributed by atoms with Crippen LogP contribution < -0.4 is 10.2 Å². The van der Waals surface area contributed by atoms with Crippen LogP contribution in [-0.2, 0) is 0 Å². The third kappa shape index (κ3) is 4.33. The number of carbonyl (C=O) groups is 1. The lowest BCUT2D eigenvalue weighted by molar-refractivity contribution is 0.0955. The molecule has 0 radical (unpaired) electrons. The Morgan fingerprint density at radius 1 is 1.26 bits per heavy atom. The summed E-state index contributed by atoms with van der Waals surface area (Å²) in [5.41, 5.74) is 3.56. The number of rotatable bonds is 4. The highest BCUT2D eigenvalue weighted by Gasteiger charge is 2.13. The number of aromatic hydroxyl groups is 1. The standard InChI is InChI=1S/C15H11Br3N2O3/c1-23-11-6-9(12(17)13(18)14(11)21)7-19-20-15(22)8-3-2-4-10(16)5-8/h2-7,21H,1H3,(H,20,22)/b19-7+. The van der Waals surface area contributed by atoms with Crippen LogP contribution in [0.5, 0.6) is 11.5 Å². The highest BCUT2D eigenvalue weighted by molar-refractivity contribution is 9.13. The van der Waals surface area contributed by atoms with Crippen molar-refractivity contribution < 1.29 is 14.6 Å². The van der Waals surface area contributed by atoms with Gasteiger partial charge in [-0.15, -0.1) is 0 Å². The second kappa shape index (κ2) is 7.94. The van der Waals surface area contributed by atoms with Crippen molar-refractivity contribution in [1.29, 1.82) is 0 Å². The zero-order valence-electron chi connectivity index (χ0n) is 11.8. The molecule has 23 heavy (non-hydrogen) atoms. The topological polar surface area (TPSA) is 70.9 Å². The minimum absolute atomic E-state index is 0.0188. The van der Waals surface area contributed by atoms with Gasteiger partial charge < -0.3 is 9.84 Å². The first kappa shape index (κ1) is 18.0. The van der Waals surface area contributed by atoms with Gasteiger partial charge in [0.15, 0.2) is 11.5 Å². The van der Waals surface area contributed by atoms with Crippen LogP contribution in [0, 0.1) is 0 Å². The second-order valence-electron chi connectivity index (χ2n) is 4.35. The molecule has 8 heteroatoms. The van der Waals surface area contributed by atoms with Crippen molar-refractivity contribution in [3.8, 4) is 11.5 Å². The molecule has 0 aromatic heterocycles. The van der Waals surface area contributed by atoms with E-state index in [-0.39, 0.29) is 11.7 Å². The Bertz CT molecular complexity index is 779. The molecule has 2 aromatic carbocycles. The van der Waals surface area contributed by atoms with Crippen molar-refractivity contribution in [2.24, 2.45) is 5.10 Å². The third-order valence-corrected chi connectivity index (χ3v) is 5.50. The van der Waals surface area contributed by atoms with E-state index < -0.39 is 0 Å². The van der Waals surface area contributed by atoms with E-state index in [0.29, 0.717) is 25.8 Å². The molecule has 120 valence electrons. The molecule has 2 aromatic rings. The Labute approximate surface area is 158 Å². The lowest BCUT2D eigenvalue weighted by atomic mass is 10.2. The fourth-order valence-corrected chi connectivity index (χ4v) is 2.94. The summed E-state index contributed by atoms with van der Waals surface area (Å²) in [5.74, 6) is -0.0574. The number of phenols is 1. The average molecular weight is 507 g/mol. The lowest BCUT2D eigenvalue weighted by Crippen LogP contribution is -2.17. The highest BCUT2D eigenvalue weighted by Crippen LogP contribution is 2.41. The Morgan fingerprint density at radius 2 is 2.00 bits per heavy atom. The summed E-state index contributed by atoms with van der Waals surface area (Å²) in [6.45, 7) is 0. The van der Waals surface area contributed by atoms with Crippen molar-refractivity contribution in [1.82, 2.24) is 5.43 Å². The maximum Gasteiger partial charge on any atom is 0.271 e. The molecule has 1 amide bonds. The van der Waals surface area contributed by atoms with Gasteiger partial charge in [0.1, 0.15) is 0 Å². The number of nitrogens with zero attached hydrogens (tertiary/aromatic N) is 1. The van der Waals surface area contributed by atoms with E-state index in [0.717, 1.165) is 4.47 Å². The van der Waals surface area contributed by atoms with E-state index in [1.807, 2.05) is 6.07 Å². The maximum atomic E-state index is 12.0. The van der Waals surface area contributed by atoms with Crippen molar-refractivity contribution in [2.45, 2.75) is 0 Å². The molecule has 0 saturated heterocycles. The highest BCUT2D eigenvalue weighted by atomic mass is 79.9. The predicted octanol–water partition coefficient (Wildman–Crippen LogP) is 4.45. The molecule has 0 aliphatic carbocycles. The summed E-state index contributed by atoms with van der Waals surface area (Å²) in [5, 5.41) is 13.8. The van der Waals surface area contributed by atoms with Gasteiger partial charge in [-0.1, -0.05) is 22.0 Å². The number of ether oxygens (including phenoxy) is 1. The van der Waals surface area contributed by atoms with Gasteiger partial charge >= 0.3 is 0 Å². The Hall–Kier alpha value is -1.38. The Balaban J connectivity index is 2.18. The van der Waals surface area contributed by atoms with Crippen LogP contribution in [0.25, 0.3) is 0 Å². The van der Waals surface area contributed by atoms with Gasteiger partial charge in [-0.3, -0.25) is 4.79 Å². The molecule has 5 nitrogen and oxygen atoms in total. The van der Waals surface area contributed by atoms with E-state index in [9.17, 15) is 9.90 Å². The summed E-state index contributed by atoms with van der Waals surface area (Å²) in [4.78, 5) is 12.0. The van der Waals surface area contributed by atoms with Crippen LogP contribution >= 0.6 is 47.8 Å². The summed E-state index contributed by atoms with van der Waals surface area (Å²) in [6.07, 6.45) is 1.45. The SMILES string of the molecule is COc1cc(/C=N/NC(=O)c2cccc(Br)c2)c(Br)c(Br)c1O. The quantitative estimate of drug-likeness (QED) is 0.475. The minimum atomic E-state index is -0.330. The van der Waals surface area contributed by atoms with Crippen LogP contribution in [0.1, 0.15) is 15.9 Å². The van der Waals surface area contributed by atoms with Gasteiger partial charge in [-0.2, -0.15) is 5.10 Å². The number of hydrogen-bond donors (Lipinski definition) is 2. The summed E-state index contributed by atoms with van der Waals surface area (Å²) < 4.78 is 6.92. The molecule has 0 aliphatic rings. The Kier molecular flexibility index (Phi) is 6.20. The number of amides is 1. The largest absolute Gasteiger partial charge is 0.503 e. The van der Waals surface area contributed by atoms with E-state index in [1.54, 1.807) is 24.3 Å². The van der Waals surface area contributed by atoms with Gasteiger partial charge in [0.05, 0.1) is 17.8 Å². The number of nitrogens with one attached hydrogen (secondary N) is 1. The molecule has 0 spiro atoms. The molecule has 0 atom stereocenters. The molecule has 2 rings (SSSR count). The second-order valence-corrected chi connectivity index (χ2v) is 6.86. The first-order valence-electron chi connectivity index (χ1n) is 6.28. The monoisotopic (exact) mass is 504 g/mol. The van der Waals surface area contributed by atoms with E-state index >= 15 is 0 Å². The van der Waals surface area contributed by atoms with Crippen LogP contribution in [-0.4, -0.2) is 24.3 Å². The number of carbonyl (C=O) groups excluding carboxylic acids is 1. The van der Waals surface area contributed by atoms with Crippen LogP contribution in [0.4, 0.5) is 0 Å². The van der Waals surface area contributed by atoms with Crippen molar-refractivity contribution in [2.75, 3.05) is 7.11 Å². The van der Waals surface area contributed by atoms with Gasteiger partial charge in [0, 0.05) is 20.1 Å². The maximum absolute atomic E-state index is 12.0. The zero-order chi connectivity index (χ0) is 17.0. The normalized spacial score (nSPS) is 10.8. The van der Waals surface area contributed by atoms with Crippen LogP contribution in [0.2, 0.25) is 0 Å². The average Bonchev–Trinajstić information content (AvgIpc) is 2.54. The number of methoxy groups -OCH3 is 1. The fraction of sp³-hybridized carbons (Fsp3) is 0.0667. The predicted molar refractivity (Wildman–Crippen MR) is 99.3 cm³/mol. The van der Waals surface area contributed by atoms with Gasteiger partial charge in [0.2, 0.25) is 0 Å². The summed E-state index contributed by atoms with van der Waals surface area (Å²) in [7, 11) is 1.45. The van der Waals surface area contributed by atoms with Gasteiger partial charge in [0.25, 0.3) is 5.91 Å². The van der Waals surface area contributed by atoms with Gasteiger partial charge in [-0.25, -0.2) is 5.43 Å². The number of phenolic OH excluding ortho intramolecular Hbond substituents is 1. The minimum Gasteiger partial charge on any atom is -0.503 e. The molecular weight excluding hydrogens is 496 g/mol. The van der Waals surface area contributed by atoms with E-state index in [4.69, 9.17) is 4.74 Å². The van der Waals surface area contributed by atoms with Gasteiger partial charge in [-0.05, 0) is 56.1 Å².